The summed E-state index contributed by atoms with van der Waals surface area (Å²) in [6, 6.07) is 9.22. The van der Waals surface area contributed by atoms with E-state index in [1.807, 2.05) is 7.05 Å². The standard InChI is InChI=1S/C13H11FN2O2.HI/c1-16-7-6-13(8-11(16)9-15-17)18-12-4-2-10(14)3-5-12;/h2-9H,1H3;1H. The Morgan fingerprint density at radius 2 is 1.89 bits per heavy atom. The van der Waals surface area contributed by atoms with E-state index in [1.165, 1.54) is 18.3 Å². The second kappa shape index (κ2) is 7.03. The van der Waals surface area contributed by atoms with Gasteiger partial charge in [0.25, 0.3) is 0 Å². The molecule has 0 unspecified atom stereocenters. The molecular formula is C13H12FIN2O2. The van der Waals surface area contributed by atoms with Crippen LogP contribution in [0.15, 0.2) is 47.8 Å². The van der Waals surface area contributed by atoms with Gasteiger partial charge in [-0.3, -0.25) is 0 Å². The molecule has 1 aromatic carbocycles. The molecule has 0 fully saturated rings. The van der Waals surface area contributed by atoms with Gasteiger partial charge < -0.3 is 33.9 Å². The number of nitrogens with zero attached hydrogens (tertiary/aromatic N) is 2. The molecule has 4 nitrogen and oxygen atoms in total. The maximum atomic E-state index is 12.7. The van der Waals surface area contributed by atoms with Crippen molar-refractivity contribution in [2.75, 3.05) is 0 Å². The number of hydrogen-bond donors (Lipinski definition) is 1. The largest absolute Gasteiger partial charge is 1.00 e. The number of benzene rings is 1. The fraction of sp³-hybridized carbons (Fsp3) is 0.0769. The van der Waals surface area contributed by atoms with Crippen LogP contribution in [0.1, 0.15) is 5.69 Å². The van der Waals surface area contributed by atoms with Gasteiger partial charge in [-0.15, -0.1) is 0 Å². The van der Waals surface area contributed by atoms with Crippen molar-refractivity contribution in [3.8, 4) is 11.5 Å². The van der Waals surface area contributed by atoms with Gasteiger partial charge in [0.1, 0.15) is 30.6 Å². The Hall–Kier alpha value is -1.70. The number of halogens is 2. The summed E-state index contributed by atoms with van der Waals surface area (Å²) in [7, 11) is 1.82. The van der Waals surface area contributed by atoms with Gasteiger partial charge in [-0.2, -0.15) is 4.57 Å². The highest BCUT2D eigenvalue weighted by molar-refractivity contribution is 5.74. The highest BCUT2D eigenvalue weighted by Crippen LogP contribution is 2.20. The number of ether oxygens (including phenoxy) is 1. The van der Waals surface area contributed by atoms with Gasteiger partial charge in [0.05, 0.1) is 6.07 Å². The van der Waals surface area contributed by atoms with Crippen LogP contribution in [-0.2, 0) is 7.05 Å². The Bertz CT molecular complexity index is 573. The lowest BCUT2D eigenvalue weighted by atomic mass is 10.3. The third-order valence-electron chi connectivity index (χ3n) is 2.40. The maximum absolute atomic E-state index is 12.7. The summed E-state index contributed by atoms with van der Waals surface area (Å²) in [5, 5.41) is 11.5. The summed E-state index contributed by atoms with van der Waals surface area (Å²) in [6.45, 7) is 0. The first-order valence-electron chi connectivity index (χ1n) is 5.29. The van der Waals surface area contributed by atoms with E-state index in [4.69, 9.17) is 9.94 Å². The molecule has 0 radical (unpaired) electrons. The molecule has 0 saturated heterocycles. The zero-order valence-electron chi connectivity index (χ0n) is 10.1. The number of hydrogen-bond acceptors (Lipinski definition) is 3. The second-order valence-corrected chi connectivity index (χ2v) is 3.70. The van der Waals surface area contributed by atoms with E-state index in [-0.39, 0.29) is 29.8 Å². The molecule has 2 rings (SSSR count). The number of oxime groups is 1. The van der Waals surface area contributed by atoms with Crippen LogP contribution in [0.2, 0.25) is 0 Å². The summed E-state index contributed by atoms with van der Waals surface area (Å²) in [5.74, 6) is 0.807. The van der Waals surface area contributed by atoms with Crippen LogP contribution in [0, 0.1) is 5.82 Å². The lowest BCUT2D eigenvalue weighted by Gasteiger charge is -2.05. The van der Waals surface area contributed by atoms with Crippen molar-refractivity contribution in [1.29, 1.82) is 0 Å². The summed E-state index contributed by atoms with van der Waals surface area (Å²) in [4.78, 5) is 0. The average Bonchev–Trinajstić information content (AvgIpc) is 2.37. The fourth-order valence-corrected chi connectivity index (χ4v) is 1.46. The summed E-state index contributed by atoms with van der Waals surface area (Å²) in [5.41, 5.74) is 0.678. The first-order chi connectivity index (χ1) is 8.69. The molecule has 6 heteroatoms. The molecule has 0 amide bonds. The minimum atomic E-state index is -0.310. The molecule has 2 aromatic rings. The minimum absolute atomic E-state index is 0. The monoisotopic (exact) mass is 374 g/mol. The Morgan fingerprint density at radius 1 is 1.21 bits per heavy atom. The Kier molecular flexibility index (Phi) is 5.68. The highest BCUT2D eigenvalue weighted by Gasteiger charge is 2.07. The molecule has 1 heterocycles. The van der Waals surface area contributed by atoms with Gasteiger partial charge in [0, 0.05) is 6.07 Å². The predicted octanol–water partition coefficient (Wildman–Crippen LogP) is -0.745. The lowest BCUT2D eigenvalue weighted by molar-refractivity contribution is -0.672. The lowest BCUT2D eigenvalue weighted by Crippen LogP contribution is -3.00. The molecule has 0 aliphatic carbocycles. The van der Waals surface area contributed by atoms with Crippen LogP contribution in [0.25, 0.3) is 0 Å². The number of aryl methyl sites for hydroxylation is 1. The normalized spacial score (nSPS) is 10.2. The highest BCUT2D eigenvalue weighted by atomic mass is 127. The van der Waals surface area contributed by atoms with Crippen molar-refractivity contribution < 1.29 is 42.9 Å². The van der Waals surface area contributed by atoms with Crippen molar-refractivity contribution in [1.82, 2.24) is 0 Å². The van der Waals surface area contributed by atoms with Crippen LogP contribution in [0.5, 0.6) is 11.5 Å². The molecule has 1 aromatic heterocycles. The first-order valence-corrected chi connectivity index (χ1v) is 5.29. The first kappa shape index (κ1) is 15.4. The van der Waals surface area contributed by atoms with Gasteiger partial charge in [0.2, 0.25) is 5.69 Å². The molecule has 100 valence electrons. The van der Waals surface area contributed by atoms with E-state index < -0.39 is 0 Å². The predicted molar refractivity (Wildman–Crippen MR) is 63.5 cm³/mol. The van der Waals surface area contributed by atoms with Crippen molar-refractivity contribution in [2.45, 2.75) is 0 Å². The van der Waals surface area contributed by atoms with E-state index >= 15 is 0 Å². The molecular weight excluding hydrogens is 362 g/mol. The van der Waals surface area contributed by atoms with E-state index in [2.05, 4.69) is 5.16 Å². The van der Waals surface area contributed by atoms with Crippen molar-refractivity contribution in [3.63, 3.8) is 0 Å². The fourth-order valence-electron chi connectivity index (χ4n) is 1.46. The molecule has 1 N–H and O–H groups in total. The van der Waals surface area contributed by atoms with E-state index in [0.717, 1.165) is 0 Å². The van der Waals surface area contributed by atoms with Crippen molar-refractivity contribution in [2.24, 2.45) is 12.2 Å². The third kappa shape index (κ3) is 4.16. The molecule has 0 aliphatic rings. The maximum Gasteiger partial charge on any atom is 0.230 e. The topological polar surface area (TPSA) is 45.7 Å². The summed E-state index contributed by atoms with van der Waals surface area (Å²) >= 11 is 0. The zero-order valence-corrected chi connectivity index (χ0v) is 12.3. The second-order valence-electron chi connectivity index (χ2n) is 3.70. The number of rotatable bonds is 3. The molecule has 0 atom stereocenters. The SMILES string of the molecule is C[n+]1ccc(Oc2ccc(F)cc2)cc1/C=N/O.[I-]. The van der Waals surface area contributed by atoms with Crippen molar-refractivity contribution in [3.05, 3.63) is 54.1 Å². The van der Waals surface area contributed by atoms with Crippen molar-refractivity contribution >= 4 is 6.21 Å². The van der Waals surface area contributed by atoms with Gasteiger partial charge in [-0.1, -0.05) is 5.16 Å². The number of aromatic nitrogens is 1. The van der Waals surface area contributed by atoms with Gasteiger partial charge in [-0.05, 0) is 24.3 Å². The Labute approximate surface area is 127 Å². The van der Waals surface area contributed by atoms with E-state index in [1.54, 1.807) is 35.0 Å². The minimum Gasteiger partial charge on any atom is -1.00 e. The van der Waals surface area contributed by atoms with Crippen LogP contribution >= 0.6 is 0 Å². The third-order valence-corrected chi connectivity index (χ3v) is 2.40. The van der Waals surface area contributed by atoms with E-state index in [9.17, 15) is 4.39 Å². The summed E-state index contributed by atoms with van der Waals surface area (Å²) < 4.78 is 20.1. The molecule has 0 saturated carbocycles. The van der Waals surface area contributed by atoms with Gasteiger partial charge >= 0.3 is 0 Å². The van der Waals surface area contributed by atoms with Crippen LogP contribution < -0.4 is 33.3 Å². The van der Waals surface area contributed by atoms with Crippen LogP contribution in [0.3, 0.4) is 0 Å². The van der Waals surface area contributed by atoms with E-state index in [0.29, 0.717) is 17.2 Å². The zero-order chi connectivity index (χ0) is 13.0. The smallest absolute Gasteiger partial charge is 0.230 e. The van der Waals surface area contributed by atoms with Gasteiger partial charge in [-0.25, -0.2) is 4.39 Å². The Balaban J connectivity index is 0.00000180. The van der Waals surface area contributed by atoms with Crippen LogP contribution in [0.4, 0.5) is 4.39 Å². The molecule has 19 heavy (non-hydrogen) atoms. The average molecular weight is 374 g/mol. The number of pyridine rings is 1. The Morgan fingerprint density at radius 3 is 2.53 bits per heavy atom. The quantitative estimate of drug-likeness (QED) is 0.253. The molecule has 0 bridgehead atoms. The summed E-state index contributed by atoms with van der Waals surface area (Å²) in [6.07, 6.45) is 3.08. The molecule has 0 spiro atoms. The van der Waals surface area contributed by atoms with Crippen LogP contribution in [-0.4, -0.2) is 11.4 Å². The van der Waals surface area contributed by atoms with Gasteiger partial charge in [0.15, 0.2) is 6.20 Å². The molecule has 0 aliphatic heterocycles.